The number of anilines is 1. The van der Waals surface area contributed by atoms with Crippen molar-refractivity contribution < 1.29 is 32.2 Å². The summed E-state index contributed by atoms with van der Waals surface area (Å²) in [6.45, 7) is 2.47. The number of nitrogens with one attached hydrogen (secondary N) is 1. The molecule has 2 saturated carbocycles. The number of methoxy groups -OCH3 is 2. The van der Waals surface area contributed by atoms with Crippen LogP contribution in [0.15, 0.2) is 18.2 Å². The SMILES string of the molecule is COc1ccc(N2C[C@@H]3C[C@H]2CN3C(=O)[C@@]23CCC[C@@H]2C[C@@H](N[C@H]2CCOC[C@H]2OC)C3)cc1C(F)(F)F. The number of ether oxygens (including phenoxy) is 3. The number of hydrogen-bond acceptors (Lipinski definition) is 6. The summed E-state index contributed by atoms with van der Waals surface area (Å²) in [5.74, 6) is 0.493. The fourth-order valence-electron chi connectivity index (χ4n) is 8.17. The van der Waals surface area contributed by atoms with E-state index >= 15 is 0 Å². The fraction of sp³-hybridized carbons (Fsp3) is 0.750. The maximum absolute atomic E-state index is 14.2. The Labute approximate surface area is 221 Å². The van der Waals surface area contributed by atoms with Crippen LogP contribution in [0.25, 0.3) is 0 Å². The van der Waals surface area contributed by atoms with Gasteiger partial charge in [0.25, 0.3) is 0 Å². The van der Waals surface area contributed by atoms with Crippen LogP contribution in [0.2, 0.25) is 0 Å². The Kier molecular flexibility index (Phi) is 6.79. The standard InChI is InChI=1S/C28H38F3N3O4/c1-36-24-6-5-19(12-22(24)28(29,30)31)33-14-21-11-20(33)15-34(21)26(35)27-8-3-4-17(27)10-18(13-27)32-23-7-9-38-16-25(23)37-2/h5-6,12,17-18,20-21,23,25,32H,3-4,7-11,13-16H2,1-2H3/t17-,18-,20+,21+,23+,25-,27-/m1/s1. The predicted octanol–water partition coefficient (Wildman–Crippen LogP) is 3.85. The molecule has 6 rings (SSSR count). The monoisotopic (exact) mass is 537 g/mol. The van der Waals surface area contributed by atoms with Crippen LogP contribution in [0.3, 0.4) is 0 Å². The second-order valence-electron chi connectivity index (χ2n) is 11.8. The Morgan fingerprint density at radius 3 is 2.71 bits per heavy atom. The molecule has 0 spiro atoms. The van der Waals surface area contributed by atoms with Crippen LogP contribution in [0.4, 0.5) is 18.9 Å². The molecule has 0 aromatic heterocycles. The van der Waals surface area contributed by atoms with Gasteiger partial charge in [0.2, 0.25) is 5.91 Å². The van der Waals surface area contributed by atoms with Crippen LogP contribution in [-0.2, 0) is 20.4 Å². The highest BCUT2D eigenvalue weighted by molar-refractivity contribution is 5.85. The number of piperazine rings is 1. The summed E-state index contributed by atoms with van der Waals surface area (Å²) in [4.78, 5) is 18.3. The number of halogens is 3. The van der Waals surface area contributed by atoms with E-state index in [-0.39, 0.29) is 41.3 Å². The van der Waals surface area contributed by atoms with Crippen molar-refractivity contribution in [3.05, 3.63) is 23.8 Å². The Balaban J connectivity index is 1.14. The Bertz CT molecular complexity index is 1050. The largest absolute Gasteiger partial charge is 0.496 e. The molecule has 5 fully saturated rings. The van der Waals surface area contributed by atoms with Gasteiger partial charge < -0.3 is 29.3 Å². The average Bonchev–Trinajstić information content (AvgIpc) is 3.67. The molecule has 7 nitrogen and oxygen atoms in total. The average molecular weight is 538 g/mol. The molecule has 5 aliphatic rings. The first-order chi connectivity index (χ1) is 18.2. The first kappa shape index (κ1) is 26.2. The van der Waals surface area contributed by atoms with Crippen molar-refractivity contribution in [3.8, 4) is 5.75 Å². The van der Waals surface area contributed by atoms with Crippen LogP contribution in [0.5, 0.6) is 5.75 Å². The second kappa shape index (κ2) is 9.86. The highest BCUT2D eigenvalue weighted by atomic mass is 19.4. The number of hydrogen-bond donors (Lipinski definition) is 1. The van der Waals surface area contributed by atoms with E-state index in [2.05, 4.69) is 10.2 Å². The maximum Gasteiger partial charge on any atom is 0.420 e. The van der Waals surface area contributed by atoms with E-state index in [0.29, 0.717) is 37.3 Å². The Morgan fingerprint density at radius 1 is 1.16 bits per heavy atom. The summed E-state index contributed by atoms with van der Waals surface area (Å²) >= 11 is 0. The molecule has 0 radical (unpaired) electrons. The maximum atomic E-state index is 14.2. The van der Waals surface area contributed by atoms with Gasteiger partial charge in [0, 0.05) is 50.6 Å². The van der Waals surface area contributed by atoms with Crippen LogP contribution in [-0.4, -0.2) is 81.6 Å². The van der Waals surface area contributed by atoms with Crippen LogP contribution in [0, 0.1) is 11.3 Å². The van der Waals surface area contributed by atoms with Crippen molar-refractivity contribution in [2.75, 3.05) is 45.4 Å². The van der Waals surface area contributed by atoms with E-state index < -0.39 is 11.7 Å². The normalized spacial score (nSPS) is 36.7. The minimum atomic E-state index is -4.49. The lowest BCUT2D eigenvalue weighted by Gasteiger charge is -2.41. The van der Waals surface area contributed by atoms with Gasteiger partial charge in [-0.3, -0.25) is 4.79 Å². The Hall–Kier alpha value is -2.04. The number of alkyl halides is 3. The lowest BCUT2D eigenvalue weighted by molar-refractivity contribution is -0.144. The summed E-state index contributed by atoms with van der Waals surface area (Å²) in [7, 11) is 2.98. The highest BCUT2D eigenvalue weighted by Crippen LogP contribution is 2.56. The van der Waals surface area contributed by atoms with Crippen molar-refractivity contribution in [2.24, 2.45) is 11.3 Å². The minimum absolute atomic E-state index is 0.0342. The number of carbonyl (C=O) groups is 1. The predicted molar refractivity (Wildman–Crippen MR) is 135 cm³/mol. The van der Waals surface area contributed by atoms with Crippen molar-refractivity contribution in [1.82, 2.24) is 10.2 Å². The van der Waals surface area contributed by atoms with E-state index in [9.17, 15) is 18.0 Å². The number of amides is 1. The van der Waals surface area contributed by atoms with Gasteiger partial charge >= 0.3 is 6.18 Å². The fourth-order valence-corrected chi connectivity index (χ4v) is 8.17. The van der Waals surface area contributed by atoms with Crippen molar-refractivity contribution >= 4 is 11.6 Å². The topological polar surface area (TPSA) is 63.3 Å². The van der Waals surface area contributed by atoms with Gasteiger partial charge in [0.05, 0.1) is 36.8 Å². The number of benzene rings is 1. The first-order valence-electron chi connectivity index (χ1n) is 13.9. The first-order valence-corrected chi connectivity index (χ1v) is 13.9. The molecule has 1 N–H and O–H groups in total. The molecule has 2 bridgehead atoms. The van der Waals surface area contributed by atoms with Crippen LogP contribution < -0.4 is 15.0 Å². The number of fused-ring (bicyclic) bond motifs is 3. The molecule has 3 saturated heterocycles. The number of rotatable bonds is 6. The molecule has 1 aromatic rings. The summed E-state index contributed by atoms with van der Waals surface area (Å²) in [6.07, 6.45) is 2.24. The van der Waals surface area contributed by atoms with E-state index in [4.69, 9.17) is 14.2 Å². The van der Waals surface area contributed by atoms with Gasteiger partial charge in [-0.15, -0.1) is 0 Å². The third-order valence-electron chi connectivity index (χ3n) is 9.94. The third kappa shape index (κ3) is 4.36. The smallest absolute Gasteiger partial charge is 0.420 e. The van der Waals surface area contributed by atoms with Crippen molar-refractivity contribution in [3.63, 3.8) is 0 Å². The number of carbonyl (C=O) groups excluding carboxylic acids is 1. The van der Waals surface area contributed by atoms with Gasteiger partial charge in [-0.25, -0.2) is 0 Å². The van der Waals surface area contributed by atoms with Gasteiger partial charge in [0.1, 0.15) is 5.75 Å². The summed E-state index contributed by atoms with van der Waals surface area (Å²) in [5, 5.41) is 3.82. The van der Waals surface area contributed by atoms with Crippen LogP contribution in [0.1, 0.15) is 50.5 Å². The molecule has 210 valence electrons. The van der Waals surface area contributed by atoms with Gasteiger partial charge in [-0.1, -0.05) is 6.42 Å². The molecule has 1 aromatic carbocycles. The molecule has 3 aliphatic heterocycles. The highest BCUT2D eigenvalue weighted by Gasteiger charge is 2.59. The molecule has 2 aliphatic carbocycles. The molecule has 1 amide bonds. The van der Waals surface area contributed by atoms with Gasteiger partial charge in [0.15, 0.2) is 0 Å². The van der Waals surface area contributed by atoms with Crippen molar-refractivity contribution in [2.45, 2.75) is 81.4 Å². The molecule has 7 atom stereocenters. The summed E-state index contributed by atoms with van der Waals surface area (Å²) in [6, 6.07) is 4.90. The zero-order valence-corrected chi connectivity index (χ0v) is 22.1. The van der Waals surface area contributed by atoms with Gasteiger partial charge in [-0.2, -0.15) is 13.2 Å². The quantitative estimate of drug-likeness (QED) is 0.595. The molecule has 38 heavy (non-hydrogen) atoms. The summed E-state index contributed by atoms with van der Waals surface area (Å²) in [5.41, 5.74) is -0.529. The molecule has 10 heteroatoms. The zero-order valence-electron chi connectivity index (χ0n) is 22.1. The molecular weight excluding hydrogens is 499 g/mol. The second-order valence-corrected chi connectivity index (χ2v) is 11.8. The summed E-state index contributed by atoms with van der Waals surface area (Å²) < 4.78 is 57.0. The molecular formula is C28H38F3N3O4. The zero-order chi connectivity index (χ0) is 26.7. The van der Waals surface area contributed by atoms with E-state index in [0.717, 1.165) is 51.6 Å². The third-order valence-corrected chi connectivity index (χ3v) is 9.94. The van der Waals surface area contributed by atoms with Crippen LogP contribution >= 0.6 is 0 Å². The van der Waals surface area contributed by atoms with Gasteiger partial charge in [-0.05, 0) is 62.6 Å². The molecule has 3 heterocycles. The van der Waals surface area contributed by atoms with E-state index in [1.165, 1.54) is 19.2 Å². The number of likely N-dealkylation sites (tertiary alicyclic amines) is 1. The van der Waals surface area contributed by atoms with E-state index in [1.807, 2.05) is 4.90 Å². The van der Waals surface area contributed by atoms with Crippen molar-refractivity contribution in [1.29, 1.82) is 0 Å². The lowest BCUT2D eigenvalue weighted by atomic mass is 9.78. The Morgan fingerprint density at radius 2 is 2.00 bits per heavy atom. The van der Waals surface area contributed by atoms with E-state index in [1.54, 1.807) is 13.2 Å². The number of nitrogens with zero attached hydrogens (tertiary/aromatic N) is 2. The molecule has 0 unspecified atom stereocenters. The lowest BCUT2D eigenvalue weighted by Crippen LogP contribution is -2.54. The minimum Gasteiger partial charge on any atom is -0.496 e.